The third kappa shape index (κ3) is 2.47. The highest BCUT2D eigenvalue weighted by Gasteiger charge is 2.37. The molecule has 0 amide bonds. The molecule has 0 aromatic heterocycles. The Morgan fingerprint density at radius 1 is 1.17 bits per heavy atom. The molecule has 0 radical (unpaired) electrons. The quantitative estimate of drug-likeness (QED) is 0.847. The summed E-state index contributed by atoms with van der Waals surface area (Å²) in [6.07, 6.45) is 7.68. The Balaban J connectivity index is 2.18. The molecule has 0 heterocycles. The maximum absolute atomic E-state index is 6.59. The number of hydrogen-bond donors (Lipinski definition) is 1. The predicted octanol–water partition coefficient (Wildman–Crippen LogP) is 4.14. The summed E-state index contributed by atoms with van der Waals surface area (Å²) in [4.78, 5) is 0. The van der Waals surface area contributed by atoms with Crippen LogP contribution < -0.4 is 5.73 Å². The van der Waals surface area contributed by atoms with Gasteiger partial charge in [-0.25, -0.2) is 0 Å². The van der Waals surface area contributed by atoms with Crippen LogP contribution in [-0.2, 0) is 6.42 Å². The second-order valence-electron chi connectivity index (χ2n) is 6.10. The van der Waals surface area contributed by atoms with E-state index in [1.807, 2.05) is 0 Å². The normalized spacial score (nSPS) is 20.0. The van der Waals surface area contributed by atoms with Gasteiger partial charge in [0.2, 0.25) is 0 Å². The van der Waals surface area contributed by atoms with E-state index >= 15 is 0 Å². The van der Waals surface area contributed by atoms with Crippen LogP contribution in [0.2, 0.25) is 0 Å². The summed E-state index contributed by atoms with van der Waals surface area (Å²) < 4.78 is 0. The molecule has 1 atom stereocenters. The summed E-state index contributed by atoms with van der Waals surface area (Å²) >= 11 is 0. The Morgan fingerprint density at radius 2 is 1.72 bits per heavy atom. The van der Waals surface area contributed by atoms with E-state index in [4.69, 9.17) is 5.73 Å². The Bertz CT molecular complexity index is 382. The van der Waals surface area contributed by atoms with Crippen LogP contribution in [0.15, 0.2) is 18.2 Å². The fourth-order valence-corrected chi connectivity index (χ4v) is 3.67. The fourth-order valence-electron chi connectivity index (χ4n) is 3.67. The zero-order valence-corrected chi connectivity index (χ0v) is 12.1. The molecule has 2 rings (SSSR count). The summed E-state index contributed by atoms with van der Waals surface area (Å²) in [5.41, 5.74) is 11.3. The SMILES string of the molecule is CCC1(C(N)Cc2c(C)cccc2C)CCCC1. The lowest BCUT2D eigenvalue weighted by Crippen LogP contribution is -2.41. The van der Waals surface area contributed by atoms with E-state index in [0.29, 0.717) is 11.5 Å². The van der Waals surface area contributed by atoms with Crippen LogP contribution in [0.4, 0.5) is 0 Å². The molecule has 1 aliphatic carbocycles. The number of rotatable bonds is 4. The first-order chi connectivity index (χ1) is 8.59. The highest BCUT2D eigenvalue weighted by molar-refractivity contribution is 5.34. The van der Waals surface area contributed by atoms with Gasteiger partial charge in [-0.1, -0.05) is 38.0 Å². The molecule has 1 fully saturated rings. The van der Waals surface area contributed by atoms with Gasteiger partial charge >= 0.3 is 0 Å². The van der Waals surface area contributed by atoms with Crippen LogP contribution in [0.25, 0.3) is 0 Å². The summed E-state index contributed by atoms with van der Waals surface area (Å²) in [6.45, 7) is 6.74. The van der Waals surface area contributed by atoms with Gasteiger partial charge in [0.15, 0.2) is 0 Å². The average molecular weight is 245 g/mol. The number of benzene rings is 1. The van der Waals surface area contributed by atoms with E-state index in [1.165, 1.54) is 48.8 Å². The standard InChI is InChI=1S/C17H27N/c1-4-17(10-5-6-11-17)16(18)12-15-13(2)8-7-9-14(15)3/h7-9,16H,4-6,10-12,18H2,1-3H3. The van der Waals surface area contributed by atoms with Crippen LogP contribution in [-0.4, -0.2) is 6.04 Å². The van der Waals surface area contributed by atoms with Crippen LogP contribution in [0.3, 0.4) is 0 Å². The Kier molecular flexibility index (Phi) is 4.11. The second-order valence-corrected chi connectivity index (χ2v) is 6.10. The molecule has 1 heteroatoms. The molecule has 1 aromatic carbocycles. The van der Waals surface area contributed by atoms with E-state index in [-0.39, 0.29) is 0 Å². The number of nitrogens with two attached hydrogens (primary N) is 1. The van der Waals surface area contributed by atoms with Crippen LogP contribution in [0, 0.1) is 19.3 Å². The average Bonchev–Trinajstić information content (AvgIpc) is 2.84. The largest absolute Gasteiger partial charge is 0.327 e. The van der Waals surface area contributed by atoms with Crippen molar-refractivity contribution < 1.29 is 0 Å². The van der Waals surface area contributed by atoms with Gasteiger partial charge in [-0.05, 0) is 61.6 Å². The van der Waals surface area contributed by atoms with E-state index in [9.17, 15) is 0 Å². The molecule has 1 unspecified atom stereocenters. The second kappa shape index (κ2) is 5.44. The molecule has 1 nitrogen and oxygen atoms in total. The van der Waals surface area contributed by atoms with Crippen LogP contribution in [0.1, 0.15) is 55.7 Å². The summed E-state index contributed by atoms with van der Waals surface area (Å²) in [5, 5.41) is 0. The van der Waals surface area contributed by atoms with Crippen molar-refractivity contribution in [2.75, 3.05) is 0 Å². The molecular formula is C17H27N. The van der Waals surface area contributed by atoms with E-state index in [2.05, 4.69) is 39.0 Å². The van der Waals surface area contributed by atoms with Gasteiger partial charge in [-0.2, -0.15) is 0 Å². The molecular weight excluding hydrogens is 218 g/mol. The number of aryl methyl sites for hydroxylation is 2. The third-order valence-corrected chi connectivity index (χ3v) is 5.16. The maximum atomic E-state index is 6.59. The van der Waals surface area contributed by atoms with Crippen molar-refractivity contribution in [2.45, 2.75) is 65.3 Å². The summed E-state index contributed by atoms with van der Waals surface area (Å²) in [5.74, 6) is 0. The zero-order chi connectivity index (χ0) is 13.2. The van der Waals surface area contributed by atoms with Gasteiger partial charge in [-0.3, -0.25) is 0 Å². The molecule has 2 N–H and O–H groups in total. The van der Waals surface area contributed by atoms with Gasteiger partial charge in [0.25, 0.3) is 0 Å². The first-order valence-corrected chi connectivity index (χ1v) is 7.40. The fraction of sp³-hybridized carbons (Fsp3) is 0.647. The van der Waals surface area contributed by atoms with Crippen molar-refractivity contribution in [1.82, 2.24) is 0 Å². The molecule has 0 bridgehead atoms. The molecule has 1 aromatic rings. The van der Waals surface area contributed by atoms with Crippen molar-refractivity contribution >= 4 is 0 Å². The van der Waals surface area contributed by atoms with Crippen LogP contribution in [0.5, 0.6) is 0 Å². The van der Waals surface area contributed by atoms with Gasteiger partial charge in [-0.15, -0.1) is 0 Å². The van der Waals surface area contributed by atoms with Crippen molar-refractivity contribution in [3.63, 3.8) is 0 Å². The lowest BCUT2D eigenvalue weighted by atomic mass is 9.74. The van der Waals surface area contributed by atoms with E-state index < -0.39 is 0 Å². The van der Waals surface area contributed by atoms with Gasteiger partial charge in [0, 0.05) is 6.04 Å². The molecule has 1 saturated carbocycles. The van der Waals surface area contributed by atoms with Crippen molar-refractivity contribution in [3.8, 4) is 0 Å². The maximum Gasteiger partial charge on any atom is 0.0136 e. The monoisotopic (exact) mass is 245 g/mol. The van der Waals surface area contributed by atoms with E-state index in [1.54, 1.807) is 0 Å². The molecule has 1 aliphatic rings. The lowest BCUT2D eigenvalue weighted by Gasteiger charge is -2.35. The predicted molar refractivity (Wildman–Crippen MR) is 78.8 cm³/mol. The van der Waals surface area contributed by atoms with Crippen molar-refractivity contribution in [2.24, 2.45) is 11.1 Å². The summed E-state index contributed by atoms with van der Waals surface area (Å²) in [6, 6.07) is 6.89. The Morgan fingerprint density at radius 3 is 2.22 bits per heavy atom. The first kappa shape index (κ1) is 13.6. The van der Waals surface area contributed by atoms with Gasteiger partial charge in [0.1, 0.15) is 0 Å². The van der Waals surface area contributed by atoms with Crippen LogP contribution >= 0.6 is 0 Å². The highest BCUT2D eigenvalue weighted by Crippen LogP contribution is 2.44. The van der Waals surface area contributed by atoms with Gasteiger partial charge < -0.3 is 5.73 Å². The van der Waals surface area contributed by atoms with E-state index in [0.717, 1.165) is 6.42 Å². The molecule has 18 heavy (non-hydrogen) atoms. The third-order valence-electron chi connectivity index (χ3n) is 5.16. The minimum atomic E-state index is 0.324. The molecule has 0 aliphatic heterocycles. The molecule has 100 valence electrons. The minimum Gasteiger partial charge on any atom is -0.327 e. The molecule has 0 spiro atoms. The molecule has 0 saturated heterocycles. The van der Waals surface area contributed by atoms with Crippen molar-refractivity contribution in [3.05, 3.63) is 34.9 Å². The lowest BCUT2D eigenvalue weighted by molar-refractivity contribution is 0.218. The minimum absolute atomic E-state index is 0.324. The van der Waals surface area contributed by atoms with Gasteiger partial charge in [0.05, 0.1) is 0 Å². The topological polar surface area (TPSA) is 26.0 Å². The zero-order valence-electron chi connectivity index (χ0n) is 12.1. The first-order valence-electron chi connectivity index (χ1n) is 7.40. The number of hydrogen-bond acceptors (Lipinski definition) is 1. The Hall–Kier alpha value is -0.820. The van der Waals surface area contributed by atoms with Crippen molar-refractivity contribution in [1.29, 1.82) is 0 Å². The smallest absolute Gasteiger partial charge is 0.0136 e. The summed E-state index contributed by atoms with van der Waals surface area (Å²) in [7, 11) is 0. The Labute approximate surface area is 112 Å². The highest BCUT2D eigenvalue weighted by atomic mass is 14.7.